The third-order valence-corrected chi connectivity index (χ3v) is 7.55. The summed E-state index contributed by atoms with van der Waals surface area (Å²) in [6.07, 6.45) is 5.90. The number of aromatic nitrogens is 1. The van der Waals surface area contributed by atoms with E-state index in [1.807, 2.05) is 31.2 Å². The maximum absolute atomic E-state index is 12.7. The van der Waals surface area contributed by atoms with Gasteiger partial charge in [-0.2, -0.15) is 5.26 Å². The van der Waals surface area contributed by atoms with E-state index >= 15 is 0 Å². The molecule has 4 rings (SSSR count). The molecular formula is C28H30N4O4S. The van der Waals surface area contributed by atoms with Crippen LogP contribution in [-0.4, -0.2) is 37.2 Å². The molecule has 0 saturated carbocycles. The number of anilines is 2. The van der Waals surface area contributed by atoms with Gasteiger partial charge in [0, 0.05) is 24.5 Å². The summed E-state index contributed by atoms with van der Waals surface area (Å²) in [6.45, 7) is 2.79. The van der Waals surface area contributed by atoms with E-state index in [4.69, 9.17) is 9.47 Å². The number of carbonyl (C=O) groups is 2. The summed E-state index contributed by atoms with van der Waals surface area (Å²) in [5, 5.41) is 13.4. The quantitative estimate of drug-likeness (QED) is 0.409. The summed E-state index contributed by atoms with van der Waals surface area (Å²) in [4.78, 5) is 31.7. The van der Waals surface area contributed by atoms with Crippen LogP contribution in [0, 0.1) is 17.2 Å². The predicted octanol–water partition coefficient (Wildman–Crippen LogP) is 5.36. The second-order valence-corrected chi connectivity index (χ2v) is 9.97. The molecule has 0 aliphatic heterocycles. The Morgan fingerprint density at radius 3 is 2.86 bits per heavy atom. The Morgan fingerprint density at radius 2 is 2.11 bits per heavy atom. The Kier molecular flexibility index (Phi) is 8.75. The van der Waals surface area contributed by atoms with E-state index < -0.39 is 6.09 Å². The van der Waals surface area contributed by atoms with Crippen molar-refractivity contribution in [2.75, 3.05) is 30.5 Å². The molecule has 192 valence electrons. The van der Waals surface area contributed by atoms with Crippen LogP contribution in [-0.2, 0) is 28.8 Å². The number of para-hydroxylation sites is 1. The number of aryl methyl sites for hydroxylation is 1. The van der Waals surface area contributed by atoms with Crippen molar-refractivity contribution in [1.82, 2.24) is 4.98 Å². The van der Waals surface area contributed by atoms with Gasteiger partial charge in [0.15, 0.2) is 0 Å². The van der Waals surface area contributed by atoms with Crippen LogP contribution < -0.4 is 15.0 Å². The minimum absolute atomic E-state index is 0.134. The van der Waals surface area contributed by atoms with E-state index in [0.717, 1.165) is 28.2 Å². The van der Waals surface area contributed by atoms with Gasteiger partial charge in [-0.25, -0.2) is 4.79 Å². The molecule has 0 fully saturated rings. The van der Waals surface area contributed by atoms with Crippen molar-refractivity contribution in [3.8, 4) is 11.8 Å². The van der Waals surface area contributed by atoms with Crippen LogP contribution in [0.4, 0.5) is 15.5 Å². The molecule has 0 spiro atoms. The largest absolute Gasteiger partial charge is 0.494 e. The zero-order valence-electron chi connectivity index (χ0n) is 21.0. The monoisotopic (exact) mass is 518 g/mol. The first-order valence-corrected chi connectivity index (χ1v) is 13.2. The topological polar surface area (TPSA) is 105 Å². The van der Waals surface area contributed by atoms with Crippen LogP contribution in [0.3, 0.4) is 0 Å². The normalized spacial score (nSPS) is 14.2. The summed E-state index contributed by atoms with van der Waals surface area (Å²) in [5.41, 5.74) is 3.20. The summed E-state index contributed by atoms with van der Waals surface area (Å²) in [7, 11) is 1.65. The number of nitrogens with one attached hydrogen (secondary N) is 1. The molecule has 1 aromatic carbocycles. The number of thiophene rings is 1. The van der Waals surface area contributed by atoms with E-state index in [-0.39, 0.29) is 11.8 Å². The average molecular weight is 519 g/mol. The highest BCUT2D eigenvalue weighted by molar-refractivity contribution is 7.16. The van der Waals surface area contributed by atoms with Gasteiger partial charge in [0.2, 0.25) is 5.91 Å². The lowest BCUT2D eigenvalue weighted by Crippen LogP contribution is -2.30. The highest BCUT2D eigenvalue weighted by Crippen LogP contribution is 2.39. The van der Waals surface area contributed by atoms with E-state index in [9.17, 15) is 14.9 Å². The molecule has 8 nitrogen and oxygen atoms in total. The molecule has 2 heterocycles. The Balaban J connectivity index is 1.34. The number of fused-ring (bicyclic) bond motifs is 1. The number of hydrogen-bond acceptors (Lipinski definition) is 7. The average Bonchev–Trinajstić information content (AvgIpc) is 3.27. The van der Waals surface area contributed by atoms with E-state index in [0.29, 0.717) is 55.1 Å². The van der Waals surface area contributed by atoms with Gasteiger partial charge in [-0.15, -0.1) is 11.3 Å². The smallest absolute Gasteiger partial charge is 0.414 e. The molecule has 37 heavy (non-hydrogen) atoms. The van der Waals surface area contributed by atoms with E-state index in [2.05, 4.69) is 16.4 Å². The number of benzene rings is 1. The Hall–Kier alpha value is -3.90. The van der Waals surface area contributed by atoms with Gasteiger partial charge in [0.25, 0.3) is 0 Å². The van der Waals surface area contributed by atoms with E-state index in [1.165, 1.54) is 16.2 Å². The maximum Gasteiger partial charge on any atom is 0.414 e. The van der Waals surface area contributed by atoms with Crippen LogP contribution in [0.1, 0.15) is 41.3 Å². The Morgan fingerprint density at radius 1 is 1.27 bits per heavy atom. The minimum Gasteiger partial charge on any atom is -0.494 e. The predicted molar refractivity (Wildman–Crippen MR) is 143 cm³/mol. The summed E-state index contributed by atoms with van der Waals surface area (Å²) >= 11 is 1.45. The molecule has 0 saturated heterocycles. The van der Waals surface area contributed by atoms with Gasteiger partial charge in [-0.3, -0.25) is 14.7 Å². The maximum atomic E-state index is 12.7. The molecule has 1 unspecified atom stereocenters. The fourth-order valence-corrected chi connectivity index (χ4v) is 5.72. The molecule has 0 radical (unpaired) electrons. The van der Waals surface area contributed by atoms with Crippen LogP contribution in [0.25, 0.3) is 0 Å². The van der Waals surface area contributed by atoms with Gasteiger partial charge in [0.05, 0.1) is 30.7 Å². The third kappa shape index (κ3) is 6.46. The second-order valence-electron chi connectivity index (χ2n) is 8.86. The molecule has 1 aliphatic rings. The number of carbonyl (C=O) groups excluding carboxylic acids is 2. The minimum atomic E-state index is -0.429. The molecule has 9 heteroatoms. The van der Waals surface area contributed by atoms with Crippen molar-refractivity contribution >= 4 is 34.0 Å². The SMILES string of the molecule is CCOc1ccccc1CCC(=O)Nc1sc2c(c1C#N)CCC(COC(=O)N(C)c1cccnc1)C2. The molecule has 1 atom stereocenters. The fourth-order valence-electron chi connectivity index (χ4n) is 4.39. The van der Waals surface area contributed by atoms with Crippen LogP contribution in [0.2, 0.25) is 0 Å². The molecular weight excluding hydrogens is 488 g/mol. The molecule has 3 aromatic rings. The van der Waals surface area contributed by atoms with Crippen LogP contribution >= 0.6 is 11.3 Å². The number of amides is 2. The van der Waals surface area contributed by atoms with Crippen LogP contribution in [0.15, 0.2) is 48.8 Å². The number of rotatable bonds is 9. The lowest BCUT2D eigenvalue weighted by molar-refractivity contribution is -0.116. The number of pyridine rings is 1. The first-order chi connectivity index (χ1) is 18.0. The highest BCUT2D eigenvalue weighted by atomic mass is 32.1. The van der Waals surface area contributed by atoms with Gasteiger partial charge in [0.1, 0.15) is 16.8 Å². The first kappa shape index (κ1) is 26.2. The zero-order chi connectivity index (χ0) is 26.2. The van der Waals surface area contributed by atoms with Crippen LogP contribution in [0.5, 0.6) is 5.75 Å². The van der Waals surface area contributed by atoms with Crippen molar-refractivity contribution in [1.29, 1.82) is 5.26 Å². The van der Waals surface area contributed by atoms with Crippen molar-refractivity contribution in [3.05, 3.63) is 70.4 Å². The molecule has 1 aliphatic carbocycles. The second kappa shape index (κ2) is 12.4. The summed E-state index contributed by atoms with van der Waals surface area (Å²) < 4.78 is 11.2. The fraction of sp³-hybridized carbons (Fsp3) is 0.357. The highest BCUT2D eigenvalue weighted by Gasteiger charge is 2.27. The standard InChI is InChI=1S/C28H30N4O4S/c1-3-35-24-9-5-4-7-20(24)11-13-26(33)31-27-23(16-29)22-12-10-19(15-25(22)37-27)18-36-28(34)32(2)21-8-6-14-30-17-21/h4-9,14,17,19H,3,10-13,15,18H2,1-2H3,(H,31,33). The third-order valence-electron chi connectivity index (χ3n) is 6.38. The van der Waals surface area contributed by atoms with Crippen molar-refractivity contribution < 1.29 is 19.1 Å². The van der Waals surface area contributed by atoms with E-state index in [1.54, 1.807) is 31.6 Å². The Labute approximate surface area is 220 Å². The number of nitriles is 1. The first-order valence-electron chi connectivity index (χ1n) is 12.4. The van der Waals surface area contributed by atoms with Crippen molar-refractivity contribution in [3.63, 3.8) is 0 Å². The molecule has 1 N–H and O–H groups in total. The van der Waals surface area contributed by atoms with Gasteiger partial charge in [-0.1, -0.05) is 18.2 Å². The summed E-state index contributed by atoms with van der Waals surface area (Å²) in [6, 6.07) is 13.6. The zero-order valence-corrected chi connectivity index (χ0v) is 21.8. The summed E-state index contributed by atoms with van der Waals surface area (Å²) in [5.74, 6) is 0.813. The number of ether oxygens (including phenoxy) is 2. The molecule has 0 bridgehead atoms. The number of nitrogens with zero attached hydrogens (tertiary/aromatic N) is 3. The van der Waals surface area contributed by atoms with Gasteiger partial charge < -0.3 is 14.8 Å². The molecule has 2 amide bonds. The lowest BCUT2D eigenvalue weighted by Gasteiger charge is -2.23. The number of hydrogen-bond donors (Lipinski definition) is 1. The lowest BCUT2D eigenvalue weighted by atomic mass is 9.88. The Bertz CT molecular complexity index is 1290. The van der Waals surface area contributed by atoms with Gasteiger partial charge in [-0.05, 0) is 67.9 Å². The molecule has 2 aromatic heterocycles. The van der Waals surface area contributed by atoms with Crippen molar-refractivity contribution in [2.45, 2.75) is 39.0 Å². The van der Waals surface area contributed by atoms with Gasteiger partial charge >= 0.3 is 6.09 Å². The van der Waals surface area contributed by atoms with Crippen molar-refractivity contribution in [2.24, 2.45) is 5.92 Å².